The van der Waals surface area contributed by atoms with Crippen molar-refractivity contribution in [2.45, 2.75) is 33.5 Å². The molecule has 0 bridgehead atoms. The average Bonchev–Trinajstić information content (AvgIpc) is 2.02. The van der Waals surface area contributed by atoms with Crippen LogP contribution in [0.2, 0.25) is 19.6 Å². The minimum Gasteiger partial charge on any atom is -0.445 e. The second kappa shape index (κ2) is 7.26. The second-order valence-electron chi connectivity index (χ2n) is 3.87. The zero-order valence-corrected chi connectivity index (χ0v) is 12.4. The van der Waals surface area contributed by atoms with E-state index in [1.165, 1.54) is 0 Å². The SMILES string of the molecule is CCOP(=O)(OCC)[C-](F)[Si](C)(C)C.[Li+]. The molecule has 0 spiro atoms. The minimum absolute atomic E-state index is 0. The predicted octanol–water partition coefficient (Wildman–Crippen LogP) is 0.593. The third kappa shape index (κ3) is 5.67. The number of hydrogen-bond acceptors (Lipinski definition) is 3. The van der Waals surface area contributed by atoms with Gasteiger partial charge in [-0.05, 0) is 19.4 Å². The standard InChI is InChI=1S/C8H19FO3PSi.Li/c1-6-11-13(10,12-7-2)8(9)14(3,4)5;/h6-7H2,1-5H3;/q-1;+1. The molecule has 0 radical (unpaired) electrons. The van der Waals surface area contributed by atoms with Crippen LogP contribution >= 0.6 is 7.60 Å². The van der Waals surface area contributed by atoms with Gasteiger partial charge in [-0.15, -0.1) is 0 Å². The fraction of sp³-hybridized carbons (Fsp3) is 0.875. The van der Waals surface area contributed by atoms with Crippen molar-refractivity contribution in [2.24, 2.45) is 0 Å². The Morgan fingerprint density at radius 3 is 1.73 bits per heavy atom. The van der Waals surface area contributed by atoms with Gasteiger partial charge in [0.1, 0.15) is 0 Å². The molecule has 0 aliphatic rings. The molecule has 86 valence electrons. The van der Waals surface area contributed by atoms with Gasteiger partial charge in [0.2, 0.25) is 7.60 Å². The second-order valence-corrected chi connectivity index (χ2v) is 11.1. The Hall–Kier alpha value is 0.894. The molecule has 7 heteroatoms. The molecule has 0 aromatic carbocycles. The Bertz CT molecular complexity index is 212. The van der Waals surface area contributed by atoms with E-state index in [2.05, 4.69) is 0 Å². The molecule has 0 unspecified atom stereocenters. The van der Waals surface area contributed by atoms with Crippen LogP contribution in [0.1, 0.15) is 13.8 Å². The van der Waals surface area contributed by atoms with E-state index in [1.807, 2.05) is 0 Å². The summed E-state index contributed by atoms with van der Waals surface area (Å²) in [5.74, 6) is 0. The maximum absolute atomic E-state index is 13.8. The van der Waals surface area contributed by atoms with Crippen molar-refractivity contribution < 1.29 is 36.9 Å². The molecule has 0 N–H and O–H groups in total. The molecule has 3 nitrogen and oxygen atoms in total. The molecule has 0 heterocycles. The molecular formula is C8H19FLiO3PSi. The fourth-order valence-electron chi connectivity index (χ4n) is 0.901. The Balaban J connectivity index is 0. The average molecular weight is 248 g/mol. The van der Waals surface area contributed by atoms with E-state index < -0.39 is 21.2 Å². The van der Waals surface area contributed by atoms with Crippen LogP contribution in [0, 0.1) is 5.54 Å². The summed E-state index contributed by atoms with van der Waals surface area (Å²) in [7, 11) is -5.85. The van der Waals surface area contributed by atoms with E-state index in [0.717, 1.165) is 0 Å². The summed E-state index contributed by atoms with van der Waals surface area (Å²) >= 11 is 0. The zero-order chi connectivity index (χ0) is 11.4. The summed E-state index contributed by atoms with van der Waals surface area (Å²) in [6.07, 6.45) is 0. The van der Waals surface area contributed by atoms with Crippen LogP contribution < -0.4 is 18.9 Å². The van der Waals surface area contributed by atoms with Crippen LogP contribution in [-0.4, -0.2) is 21.3 Å². The van der Waals surface area contributed by atoms with Crippen molar-refractivity contribution in [1.82, 2.24) is 0 Å². The van der Waals surface area contributed by atoms with Crippen LogP contribution in [0.15, 0.2) is 0 Å². The topological polar surface area (TPSA) is 35.5 Å². The van der Waals surface area contributed by atoms with Gasteiger partial charge < -0.3 is 13.4 Å². The van der Waals surface area contributed by atoms with Crippen LogP contribution in [0.25, 0.3) is 0 Å². The van der Waals surface area contributed by atoms with E-state index in [0.29, 0.717) is 0 Å². The third-order valence-electron chi connectivity index (χ3n) is 1.46. The van der Waals surface area contributed by atoms with Gasteiger partial charge in [-0.3, -0.25) is 4.57 Å². The smallest absolute Gasteiger partial charge is 0.445 e. The molecule has 0 saturated carbocycles. The van der Waals surface area contributed by atoms with Crippen molar-refractivity contribution in [2.75, 3.05) is 13.2 Å². The monoisotopic (exact) mass is 248 g/mol. The van der Waals surface area contributed by atoms with Crippen LogP contribution in [0.4, 0.5) is 4.39 Å². The largest absolute Gasteiger partial charge is 1.00 e. The molecule has 0 aromatic rings. The maximum atomic E-state index is 13.8. The van der Waals surface area contributed by atoms with Crippen molar-refractivity contribution in [3.8, 4) is 0 Å². The van der Waals surface area contributed by atoms with Gasteiger partial charge in [0.05, 0.1) is 13.2 Å². The third-order valence-corrected chi connectivity index (χ3v) is 7.21. The van der Waals surface area contributed by atoms with Gasteiger partial charge in [0.25, 0.3) is 0 Å². The summed E-state index contributed by atoms with van der Waals surface area (Å²) in [6, 6.07) is 0. The Morgan fingerprint density at radius 2 is 1.53 bits per heavy atom. The summed E-state index contributed by atoms with van der Waals surface area (Å²) in [5.41, 5.74) is -0.575. The van der Waals surface area contributed by atoms with Gasteiger partial charge in [-0.25, -0.2) is 0 Å². The van der Waals surface area contributed by atoms with Crippen molar-refractivity contribution in [3.05, 3.63) is 5.54 Å². The van der Waals surface area contributed by atoms with Crippen molar-refractivity contribution in [3.63, 3.8) is 0 Å². The molecular weight excluding hydrogens is 229 g/mol. The van der Waals surface area contributed by atoms with E-state index in [4.69, 9.17) is 9.05 Å². The molecule has 0 saturated heterocycles. The van der Waals surface area contributed by atoms with E-state index >= 15 is 0 Å². The Labute approximate surface area is 105 Å². The van der Waals surface area contributed by atoms with E-state index in [1.54, 1.807) is 33.5 Å². The minimum atomic E-state index is -3.62. The zero-order valence-electron chi connectivity index (χ0n) is 10.5. The molecule has 0 aromatic heterocycles. The summed E-state index contributed by atoms with van der Waals surface area (Å²) < 4.78 is 35.6. The van der Waals surface area contributed by atoms with Crippen molar-refractivity contribution >= 4 is 15.7 Å². The molecule has 0 amide bonds. The Kier molecular flexibility index (Phi) is 8.85. The summed E-state index contributed by atoms with van der Waals surface area (Å²) in [6.45, 7) is 9.03. The molecule has 0 rings (SSSR count). The summed E-state index contributed by atoms with van der Waals surface area (Å²) in [5, 5.41) is 0. The van der Waals surface area contributed by atoms with Crippen molar-refractivity contribution in [1.29, 1.82) is 0 Å². The van der Waals surface area contributed by atoms with Gasteiger partial charge in [0.15, 0.2) is 0 Å². The van der Waals surface area contributed by atoms with Gasteiger partial charge in [-0.1, -0.05) is 27.7 Å². The molecule has 0 aliphatic carbocycles. The first-order valence-electron chi connectivity index (χ1n) is 4.70. The predicted molar refractivity (Wildman–Crippen MR) is 58.6 cm³/mol. The van der Waals surface area contributed by atoms with Crippen LogP contribution in [0.5, 0.6) is 0 Å². The quantitative estimate of drug-likeness (QED) is 0.392. The number of halogens is 1. The Morgan fingerprint density at radius 1 is 1.20 bits per heavy atom. The summed E-state index contributed by atoms with van der Waals surface area (Å²) in [4.78, 5) is 0. The van der Waals surface area contributed by atoms with Gasteiger partial charge in [-0.2, -0.15) is 0 Å². The first-order valence-corrected chi connectivity index (χ1v) is 9.74. The number of rotatable bonds is 6. The van der Waals surface area contributed by atoms with Gasteiger partial charge in [0, 0.05) is 0 Å². The number of hydrogen-bond donors (Lipinski definition) is 0. The molecule has 0 aliphatic heterocycles. The first kappa shape index (κ1) is 18.3. The fourth-order valence-corrected chi connectivity index (χ4v) is 5.56. The molecule has 0 fully saturated rings. The van der Waals surface area contributed by atoms with Crippen LogP contribution in [-0.2, 0) is 13.6 Å². The molecule has 0 atom stereocenters. The first-order chi connectivity index (χ1) is 6.28. The molecule has 15 heavy (non-hydrogen) atoms. The van der Waals surface area contributed by atoms with Gasteiger partial charge >= 0.3 is 18.9 Å². The van der Waals surface area contributed by atoms with Crippen LogP contribution in [0.3, 0.4) is 0 Å². The maximum Gasteiger partial charge on any atom is 1.00 e. The van der Waals surface area contributed by atoms with E-state index in [9.17, 15) is 8.96 Å². The normalized spacial score (nSPS) is 12.7. The van der Waals surface area contributed by atoms with E-state index in [-0.39, 0.29) is 32.1 Å².